The highest BCUT2D eigenvalue weighted by molar-refractivity contribution is 7.92. The lowest BCUT2D eigenvalue weighted by Crippen LogP contribution is -2.38. The summed E-state index contributed by atoms with van der Waals surface area (Å²) in [6, 6.07) is 8.47. The van der Waals surface area contributed by atoms with Crippen molar-refractivity contribution in [2.24, 2.45) is 5.92 Å². The largest absolute Gasteiger partial charge is 0.494 e. The van der Waals surface area contributed by atoms with Crippen LogP contribution in [0.5, 0.6) is 5.75 Å². The van der Waals surface area contributed by atoms with Crippen LogP contribution in [-0.2, 0) is 14.8 Å². The van der Waals surface area contributed by atoms with Crippen LogP contribution in [0, 0.1) is 5.92 Å². The van der Waals surface area contributed by atoms with Crippen molar-refractivity contribution in [1.82, 2.24) is 4.98 Å². The molecule has 2 aromatic rings. The summed E-state index contributed by atoms with van der Waals surface area (Å²) in [7, 11) is -1.99. The lowest BCUT2D eigenvalue weighted by molar-refractivity contribution is -0.120. The SMILES string of the molecule is COc1cc(NC(=O)C2CCN(c3ccc(Cl)cn3)CC2)ccc1NS(C)(=O)=O. The Morgan fingerprint density at radius 3 is 2.55 bits per heavy atom. The second-order valence-electron chi connectivity index (χ2n) is 6.87. The molecular formula is C19H23ClN4O4S. The molecule has 8 nitrogen and oxygen atoms in total. The van der Waals surface area contributed by atoms with Crippen molar-refractivity contribution >= 4 is 44.7 Å². The maximum absolute atomic E-state index is 12.7. The number of rotatable bonds is 6. The molecule has 1 aliphatic heterocycles. The average Bonchev–Trinajstić information content (AvgIpc) is 2.69. The number of amides is 1. The van der Waals surface area contributed by atoms with Gasteiger partial charge in [0.05, 0.1) is 24.1 Å². The van der Waals surface area contributed by atoms with E-state index in [1.54, 1.807) is 30.5 Å². The molecule has 0 atom stereocenters. The Bertz CT molecular complexity index is 974. The van der Waals surface area contributed by atoms with Gasteiger partial charge in [-0.25, -0.2) is 13.4 Å². The third kappa shape index (κ3) is 5.74. The number of piperidine rings is 1. The third-order valence-electron chi connectivity index (χ3n) is 4.67. The van der Waals surface area contributed by atoms with Gasteiger partial charge in [-0.1, -0.05) is 11.6 Å². The predicted octanol–water partition coefficient (Wildman–Crippen LogP) is 2.97. The molecule has 0 bridgehead atoms. The van der Waals surface area contributed by atoms with Crippen LogP contribution in [0.4, 0.5) is 17.2 Å². The fourth-order valence-corrected chi connectivity index (χ4v) is 3.90. The van der Waals surface area contributed by atoms with Crippen molar-refractivity contribution in [3.05, 3.63) is 41.6 Å². The van der Waals surface area contributed by atoms with Gasteiger partial charge < -0.3 is 15.0 Å². The van der Waals surface area contributed by atoms with Crippen molar-refractivity contribution in [3.8, 4) is 5.75 Å². The van der Waals surface area contributed by atoms with E-state index in [1.807, 2.05) is 6.07 Å². The Balaban J connectivity index is 1.60. The summed E-state index contributed by atoms with van der Waals surface area (Å²) < 4.78 is 30.5. The first-order valence-corrected chi connectivity index (χ1v) is 11.4. The zero-order valence-corrected chi connectivity index (χ0v) is 17.8. The van der Waals surface area contributed by atoms with E-state index in [2.05, 4.69) is 19.9 Å². The zero-order chi connectivity index (χ0) is 21.0. The topological polar surface area (TPSA) is 101 Å². The molecule has 156 valence electrons. The molecule has 2 N–H and O–H groups in total. The van der Waals surface area contributed by atoms with Crippen LogP contribution in [0.25, 0.3) is 0 Å². The lowest BCUT2D eigenvalue weighted by Gasteiger charge is -2.32. The number of anilines is 3. The highest BCUT2D eigenvalue weighted by atomic mass is 35.5. The average molecular weight is 439 g/mol. The van der Waals surface area contributed by atoms with Gasteiger partial charge in [-0.2, -0.15) is 0 Å². The number of halogens is 1. The van der Waals surface area contributed by atoms with Crippen LogP contribution in [0.2, 0.25) is 5.02 Å². The summed E-state index contributed by atoms with van der Waals surface area (Å²) in [5.41, 5.74) is 0.865. The number of hydrogen-bond acceptors (Lipinski definition) is 6. The van der Waals surface area contributed by atoms with Gasteiger partial charge in [0.25, 0.3) is 0 Å². The lowest BCUT2D eigenvalue weighted by atomic mass is 9.95. The van der Waals surface area contributed by atoms with Gasteiger partial charge in [0.2, 0.25) is 15.9 Å². The molecule has 0 radical (unpaired) electrons. The van der Waals surface area contributed by atoms with Gasteiger partial charge >= 0.3 is 0 Å². The van der Waals surface area contributed by atoms with Crippen LogP contribution in [0.15, 0.2) is 36.5 Å². The van der Waals surface area contributed by atoms with Crippen LogP contribution >= 0.6 is 11.6 Å². The summed E-state index contributed by atoms with van der Waals surface area (Å²) in [5.74, 6) is 1.00. The predicted molar refractivity (Wildman–Crippen MR) is 114 cm³/mol. The van der Waals surface area contributed by atoms with Gasteiger partial charge in [-0.3, -0.25) is 9.52 Å². The number of pyridine rings is 1. The number of sulfonamides is 1. The van der Waals surface area contributed by atoms with Crippen molar-refractivity contribution in [3.63, 3.8) is 0 Å². The molecule has 1 amide bonds. The molecule has 2 heterocycles. The Hall–Kier alpha value is -2.52. The number of methoxy groups -OCH3 is 1. The van der Waals surface area contributed by atoms with Gasteiger partial charge in [0.15, 0.2) is 0 Å². The van der Waals surface area contributed by atoms with Crippen molar-refractivity contribution in [2.45, 2.75) is 12.8 Å². The van der Waals surface area contributed by atoms with Gasteiger partial charge in [0, 0.05) is 37.0 Å². The van der Waals surface area contributed by atoms with E-state index in [9.17, 15) is 13.2 Å². The molecule has 1 aromatic carbocycles. The number of benzene rings is 1. The highest BCUT2D eigenvalue weighted by Crippen LogP contribution is 2.30. The smallest absolute Gasteiger partial charge is 0.229 e. The zero-order valence-electron chi connectivity index (χ0n) is 16.2. The van der Waals surface area contributed by atoms with Crippen LogP contribution < -0.4 is 19.7 Å². The third-order valence-corrected chi connectivity index (χ3v) is 5.48. The summed E-state index contributed by atoms with van der Waals surface area (Å²) in [6.07, 6.45) is 4.10. The second kappa shape index (κ2) is 8.87. The van der Waals surface area contributed by atoms with Crippen LogP contribution in [0.1, 0.15) is 12.8 Å². The van der Waals surface area contributed by atoms with Crippen LogP contribution in [0.3, 0.4) is 0 Å². The maximum Gasteiger partial charge on any atom is 0.229 e. The number of carbonyl (C=O) groups is 1. The molecule has 29 heavy (non-hydrogen) atoms. The number of hydrogen-bond donors (Lipinski definition) is 2. The van der Waals surface area contributed by atoms with Crippen LogP contribution in [-0.4, -0.2) is 45.8 Å². The Morgan fingerprint density at radius 2 is 1.97 bits per heavy atom. The Kier molecular flexibility index (Phi) is 6.49. The van der Waals surface area contributed by atoms with Crippen molar-refractivity contribution in [1.29, 1.82) is 0 Å². The minimum Gasteiger partial charge on any atom is -0.494 e. The number of nitrogens with zero attached hydrogens (tertiary/aromatic N) is 2. The minimum absolute atomic E-state index is 0.0698. The molecule has 10 heteroatoms. The van der Waals surface area contributed by atoms with Gasteiger partial charge in [-0.15, -0.1) is 0 Å². The summed E-state index contributed by atoms with van der Waals surface area (Å²) >= 11 is 5.88. The summed E-state index contributed by atoms with van der Waals surface area (Å²) in [6.45, 7) is 1.46. The molecular weight excluding hydrogens is 416 g/mol. The molecule has 1 fully saturated rings. The van der Waals surface area contributed by atoms with E-state index in [0.717, 1.165) is 25.2 Å². The van der Waals surface area contributed by atoms with Crippen molar-refractivity contribution in [2.75, 3.05) is 41.4 Å². The van der Waals surface area contributed by atoms with E-state index in [-0.39, 0.29) is 11.8 Å². The fourth-order valence-electron chi connectivity index (χ4n) is 3.22. The Labute approximate surface area is 175 Å². The molecule has 1 aliphatic rings. The quantitative estimate of drug-likeness (QED) is 0.719. The van der Waals surface area contributed by atoms with Crippen molar-refractivity contribution < 1.29 is 17.9 Å². The number of nitrogens with one attached hydrogen (secondary N) is 2. The molecule has 0 spiro atoms. The molecule has 1 saturated heterocycles. The monoisotopic (exact) mass is 438 g/mol. The maximum atomic E-state index is 12.7. The fraction of sp³-hybridized carbons (Fsp3) is 0.368. The summed E-state index contributed by atoms with van der Waals surface area (Å²) in [4.78, 5) is 19.1. The summed E-state index contributed by atoms with van der Waals surface area (Å²) in [5, 5.41) is 3.48. The number of ether oxygens (including phenoxy) is 1. The van der Waals surface area contributed by atoms with Gasteiger partial charge in [0.1, 0.15) is 11.6 Å². The Morgan fingerprint density at radius 1 is 1.24 bits per heavy atom. The van der Waals surface area contributed by atoms with E-state index in [1.165, 1.54) is 7.11 Å². The first-order valence-electron chi connectivity index (χ1n) is 9.08. The molecule has 0 unspecified atom stereocenters. The van der Waals surface area contributed by atoms with Gasteiger partial charge in [-0.05, 0) is 37.1 Å². The molecule has 3 rings (SSSR count). The second-order valence-corrected chi connectivity index (χ2v) is 9.06. The minimum atomic E-state index is -3.43. The molecule has 1 aromatic heterocycles. The van der Waals surface area contributed by atoms with E-state index < -0.39 is 10.0 Å². The standard InChI is InChI=1S/C19H23ClN4O4S/c1-28-17-11-15(4-5-16(17)23-29(2,26)27)22-19(25)13-7-9-24(10-8-13)18-6-3-14(20)12-21-18/h3-6,11-13,23H,7-10H2,1-2H3,(H,22,25). The molecule has 0 saturated carbocycles. The van der Waals surface area contributed by atoms with E-state index in [0.29, 0.717) is 35.0 Å². The number of aromatic nitrogens is 1. The van der Waals surface area contributed by atoms with E-state index in [4.69, 9.17) is 16.3 Å². The molecule has 0 aliphatic carbocycles. The first-order chi connectivity index (χ1) is 13.7. The normalized spacial score (nSPS) is 15.1. The number of carbonyl (C=O) groups excluding carboxylic acids is 1. The highest BCUT2D eigenvalue weighted by Gasteiger charge is 2.26. The first kappa shape index (κ1) is 21.2. The van der Waals surface area contributed by atoms with E-state index >= 15 is 0 Å².